The summed E-state index contributed by atoms with van der Waals surface area (Å²) in [6.45, 7) is 5.31. The standard InChI is InChI=1S/C23H25F3N2O3S.C2H6/c1-31-22(29)20-7-2-3-8-21(20)27-13-11-18(12-14-27)28(17-9-10-17)32(30)19-6-4-5-16(15-19)23(24,25)26;1-2/h2-8,15,17-18H,9-14H2,1H3;1-2H3. The van der Waals surface area contributed by atoms with Crippen LogP contribution >= 0.6 is 0 Å². The molecular weight excluding hydrogens is 465 g/mol. The zero-order valence-corrected chi connectivity index (χ0v) is 20.5. The molecule has 1 aliphatic heterocycles. The number of carbonyl (C=O) groups is 1. The molecule has 0 radical (unpaired) electrons. The second-order valence-electron chi connectivity index (χ2n) is 8.09. The highest BCUT2D eigenvalue weighted by Gasteiger charge is 2.40. The largest absolute Gasteiger partial charge is 0.465 e. The molecule has 0 N–H and O–H groups in total. The summed E-state index contributed by atoms with van der Waals surface area (Å²) in [5.41, 5.74) is 0.517. The first-order chi connectivity index (χ1) is 16.3. The normalized spacial score (nSPS) is 17.7. The Morgan fingerprint density at radius 2 is 1.62 bits per heavy atom. The molecule has 9 heteroatoms. The number of nitrogens with zero attached hydrogens (tertiary/aromatic N) is 2. The van der Waals surface area contributed by atoms with Crippen molar-refractivity contribution in [3.63, 3.8) is 0 Å². The summed E-state index contributed by atoms with van der Waals surface area (Å²) in [7, 11) is -0.310. The number of hydrogen-bond acceptors (Lipinski definition) is 4. The van der Waals surface area contributed by atoms with Gasteiger partial charge in [0.2, 0.25) is 0 Å². The van der Waals surface area contributed by atoms with Crippen molar-refractivity contribution in [1.29, 1.82) is 0 Å². The van der Waals surface area contributed by atoms with E-state index in [4.69, 9.17) is 4.74 Å². The van der Waals surface area contributed by atoms with Gasteiger partial charge < -0.3 is 9.64 Å². The van der Waals surface area contributed by atoms with Gasteiger partial charge in [0.25, 0.3) is 0 Å². The fraction of sp³-hybridized carbons (Fsp3) is 0.480. The van der Waals surface area contributed by atoms with Crippen molar-refractivity contribution in [3.8, 4) is 0 Å². The predicted molar refractivity (Wildman–Crippen MR) is 127 cm³/mol. The van der Waals surface area contributed by atoms with Gasteiger partial charge in [-0.05, 0) is 56.0 Å². The number of rotatable bonds is 6. The van der Waals surface area contributed by atoms with Gasteiger partial charge in [-0.3, -0.25) is 0 Å². The molecule has 4 rings (SSSR count). The lowest BCUT2D eigenvalue weighted by Crippen LogP contribution is -2.47. The molecule has 0 spiro atoms. The van der Waals surface area contributed by atoms with E-state index in [0.29, 0.717) is 31.5 Å². The van der Waals surface area contributed by atoms with Crippen molar-refractivity contribution in [3.05, 3.63) is 59.7 Å². The number of ether oxygens (including phenoxy) is 1. The Hall–Kier alpha value is -2.39. The van der Waals surface area contributed by atoms with Gasteiger partial charge in [0.15, 0.2) is 0 Å². The van der Waals surface area contributed by atoms with Crippen molar-refractivity contribution >= 4 is 22.6 Å². The van der Waals surface area contributed by atoms with E-state index in [1.54, 1.807) is 12.1 Å². The molecule has 34 heavy (non-hydrogen) atoms. The Labute approximate surface area is 201 Å². The molecule has 1 heterocycles. The monoisotopic (exact) mass is 496 g/mol. The summed E-state index contributed by atoms with van der Waals surface area (Å²) in [5, 5.41) is 0. The lowest BCUT2D eigenvalue weighted by atomic mass is 10.0. The third-order valence-electron chi connectivity index (χ3n) is 5.94. The van der Waals surface area contributed by atoms with Crippen LogP contribution in [0.5, 0.6) is 0 Å². The van der Waals surface area contributed by atoms with Gasteiger partial charge >= 0.3 is 12.1 Å². The van der Waals surface area contributed by atoms with Crippen LogP contribution in [0.2, 0.25) is 0 Å². The number of alkyl halides is 3. The third kappa shape index (κ3) is 5.99. The van der Waals surface area contributed by atoms with E-state index in [1.807, 2.05) is 30.3 Å². The van der Waals surface area contributed by atoms with E-state index in [9.17, 15) is 22.2 Å². The SMILES string of the molecule is CC.COC(=O)c1ccccc1N1CCC(N(C2CC2)S(=O)c2cccc(C(F)(F)F)c2)CC1. The first-order valence-electron chi connectivity index (χ1n) is 11.6. The van der Waals surface area contributed by atoms with Crippen LogP contribution in [0.1, 0.15) is 55.5 Å². The second-order valence-corrected chi connectivity index (χ2v) is 9.48. The quantitative estimate of drug-likeness (QED) is 0.483. The second kappa shape index (κ2) is 11.4. The van der Waals surface area contributed by atoms with Crippen LogP contribution in [-0.2, 0) is 21.9 Å². The molecular formula is C25H31F3N2O3S. The lowest BCUT2D eigenvalue weighted by molar-refractivity contribution is -0.137. The topological polar surface area (TPSA) is 49.9 Å². The number of anilines is 1. The molecule has 186 valence electrons. The number of piperidine rings is 1. The highest BCUT2D eigenvalue weighted by molar-refractivity contribution is 7.82. The zero-order valence-electron chi connectivity index (χ0n) is 19.7. The van der Waals surface area contributed by atoms with Crippen LogP contribution in [0.25, 0.3) is 0 Å². The first kappa shape index (κ1) is 26.2. The van der Waals surface area contributed by atoms with Gasteiger partial charge in [-0.2, -0.15) is 13.2 Å². The summed E-state index contributed by atoms with van der Waals surface area (Å²) in [4.78, 5) is 14.4. The lowest BCUT2D eigenvalue weighted by Gasteiger charge is -2.39. The molecule has 1 atom stereocenters. The molecule has 1 unspecified atom stereocenters. The molecule has 1 aliphatic carbocycles. The van der Waals surface area contributed by atoms with E-state index in [2.05, 4.69) is 4.90 Å². The molecule has 0 amide bonds. The number of carbonyl (C=O) groups excluding carboxylic acids is 1. The van der Waals surface area contributed by atoms with Gasteiger partial charge in [-0.15, -0.1) is 0 Å². The third-order valence-corrected chi connectivity index (χ3v) is 7.57. The van der Waals surface area contributed by atoms with E-state index in [-0.39, 0.29) is 17.0 Å². The Morgan fingerprint density at radius 3 is 2.21 bits per heavy atom. The number of esters is 1. The number of halogens is 3. The van der Waals surface area contributed by atoms with Crippen LogP contribution in [-0.4, -0.2) is 46.8 Å². The summed E-state index contributed by atoms with van der Waals surface area (Å²) in [6, 6.07) is 12.2. The predicted octanol–water partition coefficient (Wildman–Crippen LogP) is 5.67. The van der Waals surface area contributed by atoms with Gasteiger partial charge in [0.1, 0.15) is 11.0 Å². The maximum Gasteiger partial charge on any atom is 0.416 e. The maximum absolute atomic E-state index is 13.3. The van der Waals surface area contributed by atoms with Gasteiger partial charge in [-0.25, -0.2) is 13.3 Å². The average Bonchev–Trinajstić information content (AvgIpc) is 3.70. The molecule has 0 bridgehead atoms. The van der Waals surface area contributed by atoms with Gasteiger partial charge in [0.05, 0.1) is 28.8 Å². The zero-order chi connectivity index (χ0) is 24.9. The molecule has 0 aromatic heterocycles. The Bertz CT molecular complexity index is 1000. The van der Waals surface area contributed by atoms with E-state index in [0.717, 1.165) is 30.7 Å². The molecule has 2 aromatic carbocycles. The molecule has 2 fully saturated rings. The number of para-hydroxylation sites is 1. The van der Waals surface area contributed by atoms with E-state index >= 15 is 0 Å². The minimum Gasteiger partial charge on any atom is -0.465 e. The van der Waals surface area contributed by atoms with Crippen molar-refractivity contribution in [2.45, 2.75) is 62.7 Å². The van der Waals surface area contributed by atoms with Crippen molar-refractivity contribution in [2.75, 3.05) is 25.1 Å². The van der Waals surface area contributed by atoms with Crippen LogP contribution in [0.15, 0.2) is 53.4 Å². The van der Waals surface area contributed by atoms with E-state index in [1.165, 1.54) is 19.2 Å². The first-order valence-corrected chi connectivity index (χ1v) is 12.7. The van der Waals surface area contributed by atoms with E-state index < -0.39 is 28.7 Å². The average molecular weight is 497 g/mol. The molecule has 2 aliphatic rings. The van der Waals surface area contributed by atoms with Crippen molar-refractivity contribution in [2.24, 2.45) is 0 Å². The molecule has 5 nitrogen and oxygen atoms in total. The van der Waals surface area contributed by atoms with Crippen LogP contribution in [0, 0.1) is 0 Å². The molecule has 1 saturated carbocycles. The summed E-state index contributed by atoms with van der Waals surface area (Å²) >= 11 is 0. The highest BCUT2D eigenvalue weighted by atomic mass is 32.2. The number of methoxy groups -OCH3 is 1. The summed E-state index contributed by atoms with van der Waals surface area (Å²) in [6.07, 6.45) is -1.26. The maximum atomic E-state index is 13.3. The summed E-state index contributed by atoms with van der Waals surface area (Å²) in [5.74, 6) is -0.395. The van der Waals surface area contributed by atoms with Crippen molar-refractivity contribution in [1.82, 2.24) is 4.31 Å². The Morgan fingerprint density at radius 1 is 1.00 bits per heavy atom. The van der Waals surface area contributed by atoms with Gasteiger partial charge in [0, 0.05) is 25.2 Å². The Kier molecular flexibility index (Phi) is 8.76. The van der Waals surface area contributed by atoms with Crippen LogP contribution in [0.3, 0.4) is 0 Å². The van der Waals surface area contributed by atoms with Gasteiger partial charge in [-0.1, -0.05) is 32.0 Å². The number of hydrogen-bond donors (Lipinski definition) is 0. The summed E-state index contributed by atoms with van der Waals surface area (Å²) < 4.78 is 59.5. The molecule has 1 saturated heterocycles. The minimum atomic E-state index is -4.47. The number of benzene rings is 2. The smallest absolute Gasteiger partial charge is 0.416 e. The fourth-order valence-electron chi connectivity index (χ4n) is 4.19. The fourth-order valence-corrected chi connectivity index (χ4v) is 5.82. The minimum absolute atomic E-state index is 0.000542. The molecule has 2 aromatic rings. The van der Waals surface area contributed by atoms with Crippen molar-refractivity contribution < 1.29 is 26.9 Å². The van der Waals surface area contributed by atoms with Crippen LogP contribution < -0.4 is 4.90 Å². The van der Waals surface area contributed by atoms with Crippen LogP contribution in [0.4, 0.5) is 18.9 Å². The highest BCUT2D eigenvalue weighted by Crippen LogP contribution is 2.37. The Balaban J connectivity index is 0.00000158.